The van der Waals surface area contributed by atoms with Crippen LogP contribution in [0.15, 0.2) is 60.4 Å². The van der Waals surface area contributed by atoms with Crippen LogP contribution in [0, 0.1) is 0 Å². The first-order chi connectivity index (χ1) is 13.0. The molecule has 0 bridgehead atoms. The van der Waals surface area contributed by atoms with Gasteiger partial charge in [0.15, 0.2) is 0 Å². The molecular weight excluding hydrogens is 344 g/mol. The van der Waals surface area contributed by atoms with Crippen LogP contribution in [0.2, 0.25) is 0 Å². The lowest BCUT2D eigenvalue weighted by atomic mass is 9.96. The molecule has 0 spiro atoms. The van der Waals surface area contributed by atoms with Gasteiger partial charge in [0.2, 0.25) is 0 Å². The van der Waals surface area contributed by atoms with Crippen LogP contribution in [0.25, 0.3) is 5.76 Å². The molecule has 27 heavy (non-hydrogen) atoms. The van der Waals surface area contributed by atoms with Gasteiger partial charge < -0.3 is 14.7 Å². The molecule has 2 heterocycles. The lowest BCUT2D eigenvalue weighted by molar-refractivity contribution is -0.140. The highest BCUT2D eigenvalue weighted by atomic mass is 16.5. The van der Waals surface area contributed by atoms with E-state index in [2.05, 4.69) is 4.98 Å². The number of Topliss-reactive ketones (excluding diaryl/α,β-unsaturated/α-hetero) is 1. The van der Waals surface area contributed by atoms with E-state index >= 15 is 0 Å². The topological polar surface area (TPSA) is 79.7 Å². The van der Waals surface area contributed by atoms with E-state index in [0.29, 0.717) is 17.7 Å². The molecule has 2 aromatic rings. The summed E-state index contributed by atoms with van der Waals surface area (Å²) < 4.78 is 5.55. The molecule has 1 unspecified atom stereocenters. The Morgan fingerprint density at radius 1 is 1.19 bits per heavy atom. The molecule has 1 aliphatic heterocycles. The molecule has 0 aliphatic carbocycles. The largest absolute Gasteiger partial charge is 0.507 e. The summed E-state index contributed by atoms with van der Waals surface area (Å²) in [5, 5.41) is 10.8. The van der Waals surface area contributed by atoms with E-state index in [9.17, 15) is 14.7 Å². The maximum absolute atomic E-state index is 12.7. The smallest absolute Gasteiger partial charge is 0.295 e. The summed E-state index contributed by atoms with van der Waals surface area (Å²) in [5.74, 6) is -1.53. The number of likely N-dealkylation sites (tertiary alicyclic amines) is 1. The number of carbonyl (C=O) groups is 2. The number of rotatable bonds is 6. The molecule has 1 N–H and O–H groups in total. The number of hydrogen-bond donors (Lipinski definition) is 1. The van der Waals surface area contributed by atoms with Crippen LogP contribution in [0.4, 0.5) is 0 Å². The summed E-state index contributed by atoms with van der Waals surface area (Å²) in [6.07, 6.45) is 3.24. The number of hydrogen-bond acceptors (Lipinski definition) is 5. The Bertz CT molecular complexity index is 847. The van der Waals surface area contributed by atoms with Crippen LogP contribution in [0.1, 0.15) is 31.0 Å². The van der Waals surface area contributed by atoms with Gasteiger partial charge in [0.05, 0.1) is 24.3 Å². The highest BCUT2D eigenvalue weighted by Gasteiger charge is 2.45. The van der Waals surface area contributed by atoms with Crippen molar-refractivity contribution in [2.24, 2.45) is 0 Å². The van der Waals surface area contributed by atoms with Gasteiger partial charge in [0, 0.05) is 24.5 Å². The minimum Gasteiger partial charge on any atom is -0.507 e. The molecule has 1 aromatic carbocycles. The third-order valence-electron chi connectivity index (χ3n) is 4.37. The van der Waals surface area contributed by atoms with Crippen LogP contribution in [-0.4, -0.2) is 45.9 Å². The van der Waals surface area contributed by atoms with Crippen molar-refractivity contribution in [1.82, 2.24) is 9.88 Å². The zero-order chi connectivity index (χ0) is 19.4. The minimum atomic E-state index is -0.699. The van der Waals surface area contributed by atoms with Gasteiger partial charge in [0.25, 0.3) is 11.7 Å². The van der Waals surface area contributed by atoms with Gasteiger partial charge in [-0.1, -0.05) is 36.4 Å². The fourth-order valence-corrected chi connectivity index (χ4v) is 3.13. The first-order valence-corrected chi connectivity index (χ1v) is 8.86. The molecule has 1 fully saturated rings. The first-order valence-electron chi connectivity index (χ1n) is 8.86. The molecule has 1 aromatic heterocycles. The molecule has 6 heteroatoms. The Morgan fingerprint density at radius 3 is 2.56 bits per heavy atom. The van der Waals surface area contributed by atoms with E-state index in [1.165, 1.54) is 4.90 Å². The van der Waals surface area contributed by atoms with E-state index in [1.54, 1.807) is 48.8 Å². The van der Waals surface area contributed by atoms with Crippen molar-refractivity contribution < 1.29 is 19.4 Å². The molecule has 1 saturated heterocycles. The van der Waals surface area contributed by atoms with Gasteiger partial charge in [-0.3, -0.25) is 14.6 Å². The summed E-state index contributed by atoms with van der Waals surface area (Å²) in [4.78, 5) is 31.0. The van der Waals surface area contributed by atoms with Crippen molar-refractivity contribution in [2.75, 3.05) is 13.2 Å². The van der Waals surface area contributed by atoms with Crippen LogP contribution in [0.3, 0.4) is 0 Å². The van der Waals surface area contributed by atoms with Gasteiger partial charge in [-0.05, 0) is 25.5 Å². The number of aromatic nitrogens is 1. The fraction of sp³-hybridized carbons (Fsp3) is 0.286. The summed E-state index contributed by atoms with van der Waals surface area (Å²) in [7, 11) is 0. The van der Waals surface area contributed by atoms with E-state index in [-0.39, 0.29) is 24.0 Å². The first kappa shape index (κ1) is 18.8. The molecule has 140 valence electrons. The standard InChI is InChI=1S/C21H22N2O4/c1-14(2)27-12-11-23-18(16-9-6-10-22-13-16)17(20(25)21(23)26)19(24)15-7-4-3-5-8-15/h3-10,13-14,18,24H,11-12H2,1-2H3/b19-17-. The summed E-state index contributed by atoms with van der Waals surface area (Å²) in [6, 6.07) is 11.6. The molecule has 1 amide bonds. The SMILES string of the molecule is CC(C)OCCN1C(=O)C(=O)/C(=C(\O)c2ccccc2)C1c1cccnc1. The second-order valence-electron chi connectivity index (χ2n) is 6.56. The number of ether oxygens (including phenoxy) is 1. The summed E-state index contributed by atoms with van der Waals surface area (Å²) in [5.41, 5.74) is 1.23. The molecule has 0 radical (unpaired) electrons. The maximum Gasteiger partial charge on any atom is 0.295 e. The molecule has 3 rings (SSSR count). The van der Waals surface area contributed by atoms with Gasteiger partial charge in [-0.2, -0.15) is 0 Å². The molecule has 1 aliphatic rings. The number of benzene rings is 1. The van der Waals surface area contributed by atoms with Gasteiger partial charge in [-0.15, -0.1) is 0 Å². The zero-order valence-electron chi connectivity index (χ0n) is 15.3. The number of pyridine rings is 1. The van der Waals surface area contributed by atoms with E-state index in [0.717, 1.165) is 0 Å². The second kappa shape index (κ2) is 8.14. The predicted octanol–water partition coefficient (Wildman–Crippen LogP) is 2.93. The van der Waals surface area contributed by atoms with Gasteiger partial charge >= 0.3 is 0 Å². The maximum atomic E-state index is 12.7. The summed E-state index contributed by atoms with van der Waals surface area (Å²) in [6.45, 7) is 4.35. The Kier molecular flexibility index (Phi) is 5.66. The molecule has 6 nitrogen and oxygen atoms in total. The van der Waals surface area contributed by atoms with Crippen molar-refractivity contribution in [3.8, 4) is 0 Å². The number of ketones is 1. The van der Waals surface area contributed by atoms with Crippen molar-refractivity contribution >= 4 is 17.4 Å². The van der Waals surface area contributed by atoms with Crippen LogP contribution >= 0.6 is 0 Å². The van der Waals surface area contributed by atoms with Gasteiger partial charge in [0.1, 0.15) is 5.76 Å². The number of aliphatic hydroxyl groups excluding tert-OH is 1. The van der Waals surface area contributed by atoms with E-state index in [1.807, 2.05) is 19.9 Å². The average Bonchev–Trinajstić information content (AvgIpc) is 2.93. The average molecular weight is 366 g/mol. The Balaban J connectivity index is 2.05. The normalized spacial score (nSPS) is 19.1. The Morgan fingerprint density at radius 2 is 1.93 bits per heavy atom. The molecule has 0 saturated carbocycles. The van der Waals surface area contributed by atoms with Crippen LogP contribution < -0.4 is 0 Å². The summed E-state index contributed by atoms with van der Waals surface area (Å²) >= 11 is 0. The van der Waals surface area contributed by atoms with Gasteiger partial charge in [-0.25, -0.2) is 0 Å². The number of amides is 1. The minimum absolute atomic E-state index is 0.0167. The van der Waals surface area contributed by atoms with Crippen molar-refractivity contribution in [1.29, 1.82) is 0 Å². The van der Waals surface area contributed by atoms with Crippen LogP contribution in [0.5, 0.6) is 0 Å². The number of carbonyl (C=O) groups excluding carboxylic acids is 2. The van der Waals surface area contributed by atoms with Crippen molar-refractivity contribution in [2.45, 2.75) is 26.0 Å². The highest BCUT2D eigenvalue weighted by molar-refractivity contribution is 6.46. The number of nitrogens with zero attached hydrogens (tertiary/aromatic N) is 2. The monoisotopic (exact) mass is 366 g/mol. The van der Waals surface area contributed by atoms with E-state index < -0.39 is 17.7 Å². The quantitative estimate of drug-likeness (QED) is 0.483. The highest BCUT2D eigenvalue weighted by Crippen LogP contribution is 2.38. The van der Waals surface area contributed by atoms with Crippen molar-refractivity contribution in [3.05, 3.63) is 71.6 Å². The Hall–Kier alpha value is -2.99. The molecular formula is C21H22N2O4. The third-order valence-corrected chi connectivity index (χ3v) is 4.37. The van der Waals surface area contributed by atoms with Crippen LogP contribution in [-0.2, 0) is 14.3 Å². The number of aliphatic hydroxyl groups is 1. The second-order valence-corrected chi connectivity index (χ2v) is 6.56. The zero-order valence-corrected chi connectivity index (χ0v) is 15.3. The third kappa shape index (κ3) is 3.90. The lowest BCUT2D eigenvalue weighted by Gasteiger charge is -2.25. The lowest BCUT2D eigenvalue weighted by Crippen LogP contribution is -2.33. The fourth-order valence-electron chi connectivity index (χ4n) is 3.13. The van der Waals surface area contributed by atoms with E-state index in [4.69, 9.17) is 4.74 Å². The predicted molar refractivity (Wildman–Crippen MR) is 101 cm³/mol. The Labute approximate surface area is 158 Å². The molecule has 1 atom stereocenters. The van der Waals surface area contributed by atoms with Crippen molar-refractivity contribution in [3.63, 3.8) is 0 Å².